The quantitative estimate of drug-likeness (QED) is 0.748. The van der Waals surface area contributed by atoms with Crippen LogP contribution in [0.25, 0.3) is 0 Å². The molecule has 0 spiro atoms. The van der Waals surface area contributed by atoms with Gasteiger partial charge in [-0.15, -0.1) is 0 Å². The van der Waals surface area contributed by atoms with Gasteiger partial charge in [-0.3, -0.25) is 0 Å². The molecule has 0 aromatic heterocycles. The molecule has 1 unspecified atom stereocenters. The van der Waals surface area contributed by atoms with Gasteiger partial charge in [0, 0.05) is 19.1 Å². The normalized spacial score (nSPS) is 17.7. The zero-order valence-electron chi connectivity index (χ0n) is 13.6. The Morgan fingerprint density at radius 2 is 2.14 bits per heavy atom. The van der Waals surface area contributed by atoms with Crippen molar-refractivity contribution in [2.45, 2.75) is 51.7 Å². The third kappa shape index (κ3) is 4.91. The summed E-state index contributed by atoms with van der Waals surface area (Å²) in [4.78, 5) is 11.6. The van der Waals surface area contributed by atoms with Gasteiger partial charge in [0.2, 0.25) is 0 Å². The number of aryl methyl sites for hydroxylation is 1. The summed E-state index contributed by atoms with van der Waals surface area (Å²) < 4.78 is 5.19. The maximum absolute atomic E-state index is 11.6. The number of phenols is 1. The zero-order valence-corrected chi connectivity index (χ0v) is 13.6. The molecular weight excluding hydrogens is 280 g/mol. The highest BCUT2D eigenvalue weighted by Gasteiger charge is 2.20. The lowest BCUT2D eigenvalue weighted by molar-refractivity contribution is 0.0528. The first-order valence-corrected chi connectivity index (χ1v) is 7.87. The molecule has 1 aliphatic rings. The van der Waals surface area contributed by atoms with Crippen molar-refractivity contribution in [1.29, 1.82) is 0 Å². The Balaban J connectivity index is 1.78. The Bertz CT molecular complexity index is 523. The Labute approximate surface area is 132 Å². The highest BCUT2D eigenvalue weighted by atomic mass is 16.6. The Kier molecular flexibility index (Phi) is 5.29. The summed E-state index contributed by atoms with van der Waals surface area (Å²) in [6.07, 6.45) is 2.80. The van der Waals surface area contributed by atoms with Crippen LogP contribution in [0.5, 0.6) is 5.75 Å². The number of fused-ring (bicyclic) bond motifs is 1. The van der Waals surface area contributed by atoms with Gasteiger partial charge in [0.25, 0.3) is 0 Å². The van der Waals surface area contributed by atoms with Crippen LogP contribution in [0.4, 0.5) is 4.79 Å². The van der Waals surface area contributed by atoms with Crippen LogP contribution in [0, 0.1) is 0 Å². The van der Waals surface area contributed by atoms with Crippen molar-refractivity contribution in [3.05, 3.63) is 29.3 Å². The molecule has 0 saturated heterocycles. The summed E-state index contributed by atoms with van der Waals surface area (Å²) in [5.74, 6) is 0.325. The lowest BCUT2D eigenvalue weighted by atomic mass is 9.87. The zero-order chi connectivity index (χ0) is 16.2. The average Bonchev–Trinajstić information content (AvgIpc) is 2.41. The second-order valence-corrected chi connectivity index (χ2v) is 6.71. The van der Waals surface area contributed by atoms with Crippen LogP contribution < -0.4 is 10.6 Å². The molecule has 22 heavy (non-hydrogen) atoms. The number of aromatic hydroxyl groups is 1. The second kappa shape index (κ2) is 7.01. The van der Waals surface area contributed by atoms with Crippen molar-refractivity contribution < 1.29 is 14.6 Å². The van der Waals surface area contributed by atoms with Crippen molar-refractivity contribution in [2.75, 3.05) is 13.1 Å². The maximum Gasteiger partial charge on any atom is 0.407 e. The van der Waals surface area contributed by atoms with Gasteiger partial charge in [-0.05, 0) is 63.3 Å². The molecule has 1 atom stereocenters. The van der Waals surface area contributed by atoms with Crippen LogP contribution in [-0.4, -0.2) is 29.9 Å². The van der Waals surface area contributed by atoms with E-state index in [1.54, 1.807) is 6.07 Å². The number of phenolic OH excluding ortho intramolecular Hbond substituents is 1. The summed E-state index contributed by atoms with van der Waals surface area (Å²) in [6, 6.07) is 5.85. The van der Waals surface area contributed by atoms with E-state index in [4.69, 9.17) is 4.74 Å². The van der Waals surface area contributed by atoms with Gasteiger partial charge in [0.05, 0.1) is 0 Å². The first kappa shape index (κ1) is 16.6. The van der Waals surface area contributed by atoms with Crippen molar-refractivity contribution in [1.82, 2.24) is 10.6 Å². The molecule has 0 bridgehead atoms. The van der Waals surface area contributed by atoms with E-state index in [-0.39, 0.29) is 12.1 Å². The Morgan fingerprint density at radius 1 is 1.36 bits per heavy atom. The smallest absolute Gasteiger partial charge is 0.407 e. The predicted octanol–water partition coefficient (Wildman–Crippen LogP) is 2.88. The molecule has 0 fully saturated rings. The molecule has 1 amide bonds. The summed E-state index contributed by atoms with van der Waals surface area (Å²) >= 11 is 0. The fraction of sp³-hybridized carbons (Fsp3) is 0.588. The minimum Gasteiger partial charge on any atom is -0.508 e. The molecule has 0 heterocycles. The average molecular weight is 306 g/mol. The van der Waals surface area contributed by atoms with Crippen molar-refractivity contribution in [3.8, 4) is 5.75 Å². The van der Waals surface area contributed by atoms with E-state index in [0.717, 1.165) is 19.3 Å². The first-order valence-electron chi connectivity index (χ1n) is 7.87. The molecule has 5 nitrogen and oxygen atoms in total. The van der Waals surface area contributed by atoms with E-state index in [1.807, 2.05) is 32.9 Å². The Morgan fingerprint density at radius 3 is 2.86 bits per heavy atom. The molecule has 5 heteroatoms. The number of carbonyl (C=O) groups is 1. The largest absolute Gasteiger partial charge is 0.508 e. The number of hydrogen-bond acceptors (Lipinski definition) is 4. The molecule has 1 aromatic carbocycles. The molecule has 2 rings (SSSR count). The molecule has 0 aliphatic heterocycles. The maximum atomic E-state index is 11.6. The lowest BCUT2D eigenvalue weighted by Crippen LogP contribution is -2.37. The van der Waals surface area contributed by atoms with Gasteiger partial charge in [-0.25, -0.2) is 4.79 Å². The van der Waals surface area contributed by atoms with Crippen LogP contribution in [0.15, 0.2) is 18.2 Å². The number of benzene rings is 1. The Hall–Kier alpha value is -1.75. The number of ether oxygens (including phenoxy) is 1. The van der Waals surface area contributed by atoms with Crippen molar-refractivity contribution in [2.24, 2.45) is 0 Å². The highest BCUT2D eigenvalue weighted by Crippen LogP contribution is 2.31. The fourth-order valence-electron chi connectivity index (χ4n) is 2.74. The molecule has 122 valence electrons. The van der Waals surface area contributed by atoms with E-state index in [9.17, 15) is 9.90 Å². The summed E-state index contributed by atoms with van der Waals surface area (Å²) in [5, 5.41) is 15.8. The van der Waals surface area contributed by atoms with E-state index in [1.165, 1.54) is 11.1 Å². The first-order chi connectivity index (χ1) is 10.3. The van der Waals surface area contributed by atoms with Crippen LogP contribution in [0.3, 0.4) is 0 Å². The van der Waals surface area contributed by atoms with Crippen LogP contribution in [0.1, 0.15) is 50.8 Å². The minimum absolute atomic E-state index is 0.282. The topological polar surface area (TPSA) is 70.6 Å². The van der Waals surface area contributed by atoms with Gasteiger partial charge >= 0.3 is 6.09 Å². The van der Waals surface area contributed by atoms with E-state index in [0.29, 0.717) is 18.8 Å². The van der Waals surface area contributed by atoms with Gasteiger partial charge in [-0.1, -0.05) is 6.07 Å². The van der Waals surface area contributed by atoms with E-state index in [2.05, 4.69) is 10.6 Å². The molecule has 0 saturated carbocycles. The summed E-state index contributed by atoms with van der Waals surface area (Å²) in [6.45, 7) is 6.75. The van der Waals surface area contributed by atoms with E-state index < -0.39 is 5.60 Å². The monoisotopic (exact) mass is 306 g/mol. The summed E-state index contributed by atoms with van der Waals surface area (Å²) in [7, 11) is 0. The SMILES string of the molecule is CC(C)(C)OC(=O)NCCNC1CCCc2cc(O)ccc21. The standard InChI is InChI=1S/C17H26N2O3/c1-17(2,3)22-16(21)19-10-9-18-15-6-4-5-12-11-13(20)7-8-14(12)15/h7-8,11,15,18,20H,4-6,9-10H2,1-3H3,(H,19,21). The number of amides is 1. The number of hydrogen-bond donors (Lipinski definition) is 3. The molecular formula is C17H26N2O3. The minimum atomic E-state index is -0.470. The third-order valence-electron chi connectivity index (χ3n) is 3.62. The van der Waals surface area contributed by atoms with Crippen LogP contribution in [0.2, 0.25) is 0 Å². The van der Waals surface area contributed by atoms with Crippen molar-refractivity contribution >= 4 is 6.09 Å². The van der Waals surface area contributed by atoms with Crippen LogP contribution in [-0.2, 0) is 11.2 Å². The second-order valence-electron chi connectivity index (χ2n) is 6.71. The number of alkyl carbamates (subject to hydrolysis) is 1. The molecule has 1 aliphatic carbocycles. The predicted molar refractivity (Wildman–Crippen MR) is 86.0 cm³/mol. The van der Waals surface area contributed by atoms with Gasteiger partial charge in [0.15, 0.2) is 0 Å². The molecule has 0 radical (unpaired) electrons. The van der Waals surface area contributed by atoms with Gasteiger partial charge in [0.1, 0.15) is 11.4 Å². The third-order valence-corrected chi connectivity index (χ3v) is 3.62. The van der Waals surface area contributed by atoms with Crippen molar-refractivity contribution in [3.63, 3.8) is 0 Å². The van der Waals surface area contributed by atoms with Crippen LogP contribution >= 0.6 is 0 Å². The van der Waals surface area contributed by atoms with Gasteiger partial charge < -0.3 is 20.5 Å². The molecule has 3 N–H and O–H groups in total. The fourth-order valence-corrected chi connectivity index (χ4v) is 2.74. The lowest BCUT2D eigenvalue weighted by Gasteiger charge is -2.27. The summed E-state index contributed by atoms with van der Waals surface area (Å²) in [5.41, 5.74) is 1.99. The number of rotatable bonds is 4. The number of carbonyl (C=O) groups excluding carboxylic acids is 1. The molecule has 1 aromatic rings. The van der Waals surface area contributed by atoms with Gasteiger partial charge in [-0.2, -0.15) is 0 Å². The van der Waals surface area contributed by atoms with E-state index >= 15 is 0 Å². The number of nitrogens with one attached hydrogen (secondary N) is 2. The highest BCUT2D eigenvalue weighted by molar-refractivity contribution is 5.67.